The number of piperidine rings is 1. The predicted octanol–water partition coefficient (Wildman–Crippen LogP) is 2.96. The lowest BCUT2D eigenvalue weighted by molar-refractivity contribution is -0.137. The number of halogens is 3. The zero-order valence-corrected chi connectivity index (χ0v) is 10.9. The fourth-order valence-electron chi connectivity index (χ4n) is 2.25. The molecule has 1 atom stereocenters. The quantitative estimate of drug-likeness (QED) is 0.814. The SMILES string of the molecule is O=C(O)CCC1CCCCN1CCSC(F)(F)F. The van der Waals surface area contributed by atoms with Crippen LogP contribution in [0.5, 0.6) is 0 Å². The van der Waals surface area contributed by atoms with Gasteiger partial charge in [0.05, 0.1) is 0 Å². The lowest BCUT2D eigenvalue weighted by atomic mass is 9.98. The first-order valence-electron chi connectivity index (χ1n) is 6.05. The molecule has 1 aliphatic rings. The number of alkyl halides is 3. The maximum Gasteiger partial charge on any atom is 0.441 e. The van der Waals surface area contributed by atoms with Gasteiger partial charge in [0.2, 0.25) is 0 Å². The number of likely N-dealkylation sites (tertiary alicyclic amines) is 1. The van der Waals surface area contributed by atoms with Crippen molar-refractivity contribution in [3.05, 3.63) is 0 Å². The van der Waals surface area contributed by atoms with Crippen LogP contribution in [0.3, 0.4) is 0 Å². The number of thioether (sulfide) groups is 1. The van der Waals surface area contributed by atoms with Gasteiger partial charge >= 0.3 is 11.5 Å². The van der Waals surface area contributed by atoms with Crippen LogP contribution < -0.4 is 0 Å². The minimum Gasteiger partial charge on any atom is -0.481 e. The third kappa shape index (κ3) is 6.49. The normalized spacial score (nSPS) is 22.1. The van der Waals surface area contributed by atoms with Gasteiger partial charge < -0.3 is 5.11 Å². The van der Waals surface area contributed by atoms with Gasteiger partial charge in [-0.2, -0.15) is 13.2 Å². The van der Waals surface area contributed by atoms with Crippen LogP contribution in [-0.2, 0) is 4.79 Å². The van der Waals surface area contributed by atoms with Crippen molar-refractivity contribution in [2.45, 2.75) is 43.7 Å². The van der Waals surface area contributed by atoms with Gasteiger partial charge in [0.15, 0.2) is 0 Å². The van der Waals surface area contributed by atoms with Crippen molar-refractivity contribution >= 4 is 17.7 Å². The van der Waals surface area contributed by atoms with E-state index in [4.69, 9.17) is 5.11 Å². The Kier molecular flexibility index (Phi) is 6.28. The molecule has 0 radical (unpaired) electrons. The van der Waals surface area contributed by atoms with Gasteiger partial charge in [0.1, 0.15) is 0 Å². The summed E-state index contributed by atoms with van der Waals surface area (Å²) in [5, 5.41) is 8.64. The van der Waals surface area contributed by atoms with E-state index in [-0.39, 0.29) is 30.0 Å². The number of nitrogens with zero attached hydrogens (tertiary/aromatic N) is 1. The molecule has 1 saturated heterocycles. The second kappa shape index (κ2) is 7.23. The van der Waals surface area contributed by atoms with E-state index in [1.165, 1.54) is 0 Å². The zero-order chi connectivity index (χ0) is 13.6. The van der Waals surface area contributed by atoms with Gasteiger partial charge in [-0.25, -0.2) is 0 Å². The summed E-state index contributed by atoms with van der Waals surface area (Å²) < 4.78 is 36.1. The lowest BCUT2D eigenvalue weighted by Crippen LogP contribution is -2.41. The minimum absolute atomic E-state index is 0.00434. The standard InChI is InChI=1S/C11H18F3NO2S/c12-11(13,14)18-8-7-15-6-2-1-3-9(15)4-5-10(16)17/h9H,1-8H2,(H,16,17). The van der Waals surface area contributed by atoms with Crippen LogP contribution in [0.25, 0.3) is 0 Å². The number of hydrogen-bond donors (Lipinski definition) is 1. The molecule has 1 rings (SSSR count). The summed E-state index contributed by atoms with van der Waals surface area (Å²) >= 11 is -0.00434. The number of carbonyl (C=O) groups is 1. The summed E-state index contributed by atoms with van der Waals surface area (Å²) in [6.45, 7) is 1.16. The lowest BCUT2D eigenvalue weighted by Gasteiger charge is -2.35. The van der Waals surface area contributed by atoms with E-state index >= 15 is 0 Å². The van der Waals surface area contributed by atoms with E-state index in [2.05, 4.69) is 0 Å². The highest BCUT2D eigenvalue weighted by Gasteiger charge is 2.29. The number of carboxylic acids is 1. The molecule has 1 fully saturated rings. The van der Waals surface area contributed by atoms with E-state index in [1.54, 1.807) is 0 Å². The topological polar surface area (TPSA) is 40.5 Å². The van der Waals surface area contributed by atoms with Crippen LogP contribution in [-0.4, -0.2) is 46.4 Å². The molecule has 1 unspecified atom stereocenters. The van der Waals surface area contributed by atoms with Gasteiger partial charge in [-0.3, -0.25) is 9.69 Å². The maximum atomic E-state index is 12.0. The van der Waals surface area contributed by atoms with Crippen LogP contribution in [0, 0.1) is 0 Å². The summed E-state index contributed by atoms with van der Waals surface area (Å²) in [6, 6.07) is 0.128. The van der Waals surface area contributed by atoms with Crippen LogP contribution >= 0.6 is 11.8 Å². The molecule has 0 aromatic heterocycles. The molecule has 0 aromatic rings. The van der Waals surface area contributed by atoms with Gasteiger partial charge in [-0.1, -0.05) is 6.42 Å². The Balaban J connectivity index is 2.32. The van der Waals surface area contributed by atoms with Crippen molar-refractivity contribution in [3.63, 3.8) is 0 Å². The Morgan fingerprint density at radius 1 is 1.39 bits per heavy atom. The highest BCUT2D eigenvalue weighted by atomic mass is 32.2. The highest BCUT2D eigenvalue weighted by Crippen LogP contribution is 2.30. The Hall–Kier alpha value is -0.430. The molecule has 1 aliphatic heterocycles. The molecule has 0 saturated carbocycles. The molecule has 1 heterocycles. The van der Waals surface area contributed by atoms with Crippen LogP contribution in [0.2, 0.25) is 0 Å². The first-order valence-corrected chi connectivity index (χ1v) is 7.03. The Morgan fingerprint density at radius 2 is 2.11 bits per heavy atom. The molecule has 7 heteroatoms. The average Bonchev–Trinajstić information content (AvgIpc) is 2.26. The molecular formula is C11H18F3NO2S. The van der Waals surface area contributed by atoms with Crippen molar-refractivity contribution in [1.82, 2.24) is 4.90 Å². The third-order valence-electron chi connectivity index (χ3n) is 3.08. The molecule has 1 N–H and O–H groups in total. The van der Waals surface area contributed by atoms with Gasteiger partial charge in [-0.05, 0) is 37.6 Å². The van der Waals surface area contributed by atoms with E-state index in [0.717, 1.165) is 25.8 Å². The van der Waals surface area contributed by atoms with E-state index in [9.17, 15) is 18.0 Å². The Labute approximate surface area is 109 Å². The first kappa shape index (κ1) is 15.6. The first-order chi connectivity index (χ1) is 8.38. The summed E-state index contributed by atoms with van der Waals surface area (Å²) in [5.41, 5.74) is -4.17. The van der Waals surface area contributed by atoms with Crippen LogP contribution in [0.4, 0.5) is 13.2 Å². The van der Waals surface area contributed by atoms with E-state index in [0.29, 0.717) is 13.0 Å². The summed E-state index contributed by atoms with van der Waals surface area (Å²) in [7, 11) is 0. The number of rotatable bonds is 6. The van der Waals surface area contributed by atoms with Crippen molar-refractivity contribution in [2.24, 2.45) is 0 Å². The summed E-state index contributed by atoms with van der Waals surface area (Å²) in [6.07, 6.45) is 3.54. The molecule has 0 bridgehead atoms. The van der Waals surface area contributed by atoms with Crippen molar-refractivity contribution in [3.8, 4) is 0 Å². The molecular weight excluding hydrogens is 267 g/mol. The Morgan fingerprint density at radius 3 is 2.72 bits per heavy atom. The van der Waals surface area contributed by atoms with Gasteiger partial charge in [0, 0.05) is 24.8 Å². The number of carboxylic acid groups (broad SMARTS) is 1. The fourth-order valence-corrected chi connectivity index (χ4v) is 2.81. The molecule has 106 valence electrons. The summed E-state index contributed by atoms with van der Waals surface area (Å²) in [4.78, 5) is 12.5. The Bertz CT molecular complexity index is 274. The molecule has 0 aromatic carbocycles. The average molecular weight is 285 g/mol. The smallest absolute Gasteiger partial charge is 0.441 e. The largest absolute Gasteiger partial charge is 0.481 e. The van der Waals surface area contributed by atoms with E-state index < -0.39 is 11.5 Å². The minimum atomic E-state index is -4.17. The van der Waals surface area contributed by atoms with Crippen LogP contribution in [0.1, 0.15) is 32.1 Å². The predicted molar refractivity (Wildman–Crippen MR) is 64.6 cm³/mol. The zero-order valence-electron chi connectivity index (χ0n) is 10.1. The molecule has 3 nitrogen and oxygen atoms in total. The van der Waals surface area contributed by atoms with Crippen molar-refractivity contribution in [1.29, 1.82) is 0 Å². The molecule has 18 heavy (non-hydrogen) atoms. The molecule has 0 aliphatic carbocycles. The fraction of sp³-hybridized carbons (Fsp3) is 0.909. The third-order valence-corrected chi connectivity index (χ3v) is 3.80. The molecule has 0 amide bonds. The second-order valence-electron chi connectivity index (χ2n) is 4.41. The molecule has 0 spiro atoms. The van der Waals surface area contributed by atoms with Crippen LogP contribution in [0.15, 0.2) is 0 Å². The monoisotopic (exact) mass is 285 g/mol. The summed E-state index contributed by atoms with van der Waals surface area (Å²) in [5.74, 6) is -0.822. The second-order valence-corrected chi connectivity index (χ2v) is 5.57. The van der Waals surface area contributed by atoms with Crippen molar-refractivity contribution in [2.75, 3.05) is 18.8 Å². The van der Waals surface area contributed by atoms with Crippen molar-refractivity contribution < 1.29 is 23.1 Å². The van der Waals surface area contributed by atoms with Gasteiger partial charge in [-0.15, -0.1) is 0 Å². The van der Waals surface area contributed by atoms with E-state index in [1.807, 2.05) is 4.90 Å². The highest BCUT2D eigenvalue weighted by molar-refractivity contribution is 8.00. The number of hydrogen-bond acceptors (Lipinski definition) is 3. The number of aliphatic carboxylic acids is 1. The van der Waals surface area contributed by atoms with Gasteiger partial charge in [0.25, 0.3) is 0 Å². The maximum absolute atomic E-state index is 12.0.